The maximum atomic E-state index is 11.9. The quantitative estimate of drug-likeness (QED) is 0.856. The average molecular weight is 308 g/mol. The van der Waals surface area contributed by atoms with E-state index < -0.39 is 0 Å². The second-order valence-electron chi connectivity index (χ2n) is 4.88. The zero-order valence-electron chi connectivity index (χ0n) is 11.4. The molecule has 1 heterocycles. The summed E-state index contributed by atoms with van der Waals surface area (Å²) in [5.74, 6) is 0.105. The second-order valence-corrected chi connectivity index (χ2v) is 6.35. The lowest BCUT2D eigenvalue weighted by atomic mass is 10.1. The third-order valence-electron chi connectivity index (χ3n) is 3.02. The number of amides is 1. The maximum Gasteiger partial charge on any atom is 0.220 e. The molecule has 1 N–H and O–H groups in total. The molecule has 0 aliphatic rings. The van der Waals surface area contributed by atoms with Crippen molar-refractivity contribution >= 4 is 28.8 Å². The molecule has 2 rings (SSSR count). The number of thiophene rings is 1. The predicted octanol–water partition coefficient (Wildman–Crippen LogP) is 4.08. The Balaban J connectivity index is 1.76. The first-order valence-corrected chi connectivity index (χ1v) is 7.95. The number of carbonyl (C=O) groups is 1. The first kappa shape index (κ1) is 15.1. The normalized spacial score (nSPS) is 12.1. The van der Waals surface area contributed by atoms with Gasteiger partial charge in [-0.1, -0.05) is 29.8 Å². The molecule has 1 amide bonds. The van der Waals surface area contributed by atoms with Crippen LogP contribution in [0.3, 0.4) is 0 Å². The smallest absolute Gasteiger partial charge is 0.220 e. The fourth-order valence-electron chi connectivity index (χ4n) is 2.11. The topological polar surface area (TPSA) is 29.1 Å². The molecule has 0 saturated carbocycles. The molecule has 0 bridgehead atoms. The fraction of sp³-hybridized carbons (Fsp3) is 0.312. The number of aryl methyl sites for hydroxylation is 1. The van der Waals surface area contributed by atoms with Crippen molar-refractivity contribution < 1.29 is 4.79 Å². The van der Waals surface area contributed by atoms with Gasteiger partial charge in [-0.25, -0.2) is 0 Å². The number of rotatable bonds is 6. The predicted molar refractivity (Wildman–Crippen MR) is 85.4 cm³/mol. The Bertz CT molecular complexity index is 553. The molecule has 1 aromatic heterocycles. The van der Waals surface area contributed by atoms with Crippen molar-refractivity contribution in [1.29, 1.82) is 0 Å². The molecule has 0 saturated heterocycles. The molecule has 0 aliphatic heterocycles. The van der Waals surface area contributed by atoms with Crippen molar-refractivity contribution in [3.8, 4) is 0 Å². The van der Waals surface area contributed by atoms with Crippen LogP contribution in [0.5, 0.6) is 0 Å². The van der Waals surface area contributed by atoms with Gasteiger partial charge in [0.15, 0.2) is 0 Å². The molecule has 2 nitrogen and oxygen atoms in total. The Morgan fingerprint density at radius 3 is 2.90 bits per heavy atom. The summed E-state index contributed by atoms with van der Waals surface area (Å²) >= 11 is 7.65. The molecule has 1 atom stereocenters. The monoisotopic (exact) mass is 307 g/mol. The van der Waals surface area contributed by atoms with Crippen molar-refractivity contribution in [2.75, 3.05) is 0 Å². The van der Waals surface area contributed by atoms with E-state index in [0.717, 1.165) is 23.4 Å². The number of carbonyl (C=O) groups excluding carboxylic acids is 1. The van der Waals surface area contributed by atoms with Crippen LogP contribution >= 0.6 is 22.9 Å². The minimum atomic E-state index is 0.105. The van der Waals surface area contributed by atoms with Gasteiger partial charge in [-0.3, -0.25) is 4.79 Å². The van der Waals surface area contributed by atoms with Gasteiger partial charge in [0.1, 0.15) is 0 Å². The molecule has 0 fully saturated rings. The van der Waals surface area contributed by atoms with Crippen molar-refractivity contribution in [3.63, 3.8) is 0 Å². The second kappa shape index (κ2) is 7.46. The molecule has 1 aromatic carbocycles. The van der Waals surface area contributed by atoms with Gasteiger partial charge in [-0.15, -0.1) is 11.3 Å². The Morgan fingerprint density at radius 1 is 1.35 bits per heavy atom. The summed E-state index contributed by atoms with van der Waals surface area (Å²) in [4.78, 5) is 13.1. The van der Waals surface area contributed by atoms with E-state index >= 15 is 0 Å². The van der Waals surface area contributed by atoms with E-state index in [9.17, 15) is 4.79 Å². The molecule has 0 unspecified atom stereocenters. The lowest BCUT2D eigenvalue weighted by molar-refractivity contribution is -0.121. The van der Waals surface area contributed by atoms with E-state index in [2.05, 4.69) is 11.4 Å². The van der Waals surface area contributed by atoms with Gasteiger partial charge in [-0.2, -0.15) is 0 Å². The summed E-state index contributed by atoms with van der Waals surface area (Å²) < 4.78 is 0. The lowest BCUT2D eigenvalue weighted by Gasteiger charge is -2.14. The Hall–Kier alpha value is -1.32. The Kier molecular flexibility index (Phi) is 5.62. The van der Waals surface area contributed by atoms with Crippen LogP contribution in [0.1, 0.15) is 23.8 Å². The van der Waals surface area contributed by atoms with Gasteiger partial charge in [0.2, 0.25) is 5.91 Å². The van der Waals surface area contributed by atoms with Crippen LogP contribution in [-0.4, -0.2) is 11.9 Å². The zero-order chi connectivity index (χ0) is 14.4. The molecule has 106 valence electrons. The number of hydrogen-bond donors (Lipinski definition) is 1. The van der Waals surface area contributed by atoms with Crippen LogP contribution in [0.4, 0.5) is 0 Å². The van der Waals surface area contributed by atoms with Crippen molar-refractivity contribution in [3.05, 3.63) is 57.2 Å². The van der Waals surface area contributed by atoms with E-state index in [1.807, 2.05) is 42.6 Å². The highest BCUT2D eigenvalue weighted by Gasteiger charge is 2.09. The molecule has 0 radical (unpaired) electrons. The molecule has 0 spiro atoms. The summed E-state index contributed by atoms with van der Waals surface area (Å²) in [6.07, 6.45) is 2.15. The third kappa shape index (κ3) is 4.99. The van der Waals surface area contributed by atoms with E-state index in [0.29, 0.717) is 6.42 Å². The first-order valence-electron chi connectivity index (χ1n) is 6.69. The van der Waals surface area contributed by atoms with Crippen LogP contribution in [0.2, 0.25) is 5.02 Å². The highest BCUT2D eigenvalue weighted by Crippen LogP contribution is 2.13. The van der Waals surface area contributed by atoms with Gasteiger partial charge in [0.25, 0.3) is 0 Å². The van der Waals surface area contributed by atoms with Gasteiger partial charge in [-0.05, 0) is 48.9 Å². The average Bonchev–Trinajstić information content (AvgIpc) is 2.89. The molecule has 2 aromatic rings. The highest BCUT2D eigenvalue weighted by molar-refractivity contribution is 7.09. The van der Waals surface area contributed by atoms with E-state index in [1.54, 1.807) is 11.3 Å². The summed E-state index contributed by atoms with van der Waals surface area (Å²) in [5, 5.41) is 5.80. The molecule has 0 aliphatic carbocycles. The van der Waals surface area contributed by atoms with Crippen LogP contribution in [0, 0.1) is 0 Å². The largest absolute Gasteiger partial charge is 0.353 e. The van der Waals surface area contributed by atoms with Crippen LogP contribution < -0.4 is 5.32 Å². The summed E-state index contributed by atoms with van der Waals surface area (Å²) in [7, 11) is 0. The first-order chi connectivity index (χ1) is 9.63. The van der Waals surface area contributed by atoms with Crippen molar-refractivity contribution in [2.45, 2.75) is 32.2 Å². The SMILES string of the molecule is C[C@@H](Cc1cccc(Cl)c1)NC(=O)CCc1cccs1. The Labute approximate surface area is 128 Å². The number of benzene rings is 1. The molecular weight excluding hydrogens is 290 g/mol. The van der Waals surface area contributed by atoms with E-state index in [1.165, 1.54) is 4.88 Å². The number of halogens is 1. The van der Waals surface area contributed by atoms with Gasteiger partial charge in [0.05, 0.1) is 0 Å². The summed E-state index contributed by atoms with van der Waals surface area (Å²) in [6.45, 7) is 2.02. The fourth-order valence-corrected chi connectivity index (χ4v) is 3.03. The van der Waals surface area contributed by atoms with Gasteiger partial charge >= 0.3 is 0 Å². The minimum Gasteiger partial charge on any atom is -0.353 e. The highest BCUT2D eigenvalue weighted by atomic mass is 35.5. The van der Waals surface area contributed by atoms with Gasteiger partial charge < -0.3 is 5.32 Å². The third-order valence-corrected chi connectivity index (χ3v) is 4.19. The van der Waals surface area contributed by atoms with Gasteiger partial charge in [0, 0.05) is 22.4 Å². The van der Waals surface area contributed by atoms with E-state index in [4.69, 9.17) is 11.6 Å². The van der Waals surface area contributed by atoms with E-state index in [-0.39, 0.29) is 11.9 Å². The number of nitrogens with one attached hydrogen (secondary N) is 1. The molecule has 4 heteroatoms. The minimum absolute atomic E-state index is 0.105. The maximum absolute atomic E-state index is 11.9. The van der Waals surface area contributed by atoms with Crippen molar-refractivity contribution in [1.82, 2.24) is 5.32 Å². The van der Waals surface area contributed by atoms with Crippen molar-refractivity contribution in [2.24, 2.45) is 0 Å². The lowest BCUT2D eigenvalue weighted by Crippen LogP contribution is -2.34. The molecule has 20 heavy (non-hydrogen) atoms. The standard InChI is InChI=1S/C16H18ClNOS/c1-12(10-13-4-2-5-14(17)11-13)18-16(19)8-7-15-6-3-9-20-15/h2-6,9,11-12H,7-8,10H2,1H3,(H,18,19)/t12-/m0/s1. The summed E-state index contributed by atoms with van der Waals surface area (Å²) in [6, 6.07) is 11.9. The summed E-state index contributed by atoms with van der Waals surface area (Å²) in [5.41, 5.74) is 1.14. The number of hydrogen-bond acceptors (Lipinski definition) is 2. The molecular formula is C16H18ClNOS. The van der Waals surface area contributed by atoms with Crippen LogP contribution in [0.15, 0.2) is 41.8 Å². The Morgan fingerprint density at radius 2 is 2.20 bits per heavy atom. The zero-order valence-corrected chi connectivity index (χ0v) is 13.0. The van der Waals surface area contributed by atoms with Crippen LogP contribution in [-0.2, 0) is 17.6 Å². The van der Waals surface area contributed by atoms with Crippen LogP contribution in [0.25, 0.3) is 0 Å².